The number of nitrogens with one attached hydrogen (secondary N) is 2. The zero-order valence-electron chi connectivity index (χ0n) is 15.2. The van der Waals surface area contributed by atoms with E-state index >= 15 is 0 Å². The molecule has 0 saturated carbocycles. The van der Waals surface area contributed by atoms with Crippen molar-refractivity contribution in [3.05, 3.63) is 77.7 Å². The molecule has 7 heteroatoms. The van der Waals surface area contributed by atoms with E-state index in [2.05, 4.69) is 44.0 Å². The first kappa shape index (κ1) is 16.7. The van der Waals surface area contributed by atoms with E-state index in [-0.39, 0.29) is 11.9 Å². The van der Waals surface area contributed by atoms with Gasteiger partial charge in [0, 0.05) is 16.6 Å². The Morgan fingerprint density at radius 1 is 1.14 bits per heavy atom. The van der Waals surface area contributed by atoms with Gasteiger partial charge in [-0.05, 0) is 46.9 Å². The van der Waals surface area contributed by atoms with Gasteiger partial charge in [0.25, 0.3) is 0 Å². The second-order valence-corrected chi connectivity index (χ2v) is 7.12. The van der Waals surface area contributed by atoms with Gasteiger partial charge in [-0.25, -0.2) is 4.68 Å². The molecule has 140 valence electrons. The summed E-state index contributed by atoms with van der Waals surface area (Å²) in [5.41, 5.74) is 4.39. The number of carbonyl (C=O) groups excluding carboxylic acids is 1. The predicted molar refractivity (Wildman–Crippen MR) is 105 cm³/mol. The van der Waals surface area contributed by atoms with Crippen molar-refractivity contribution in [2.45, 2.75) is 31.3 Å². The molecule has 0 fully saturated rings. The average molecular weight is 372 g/mol. The van der Waals surface area contributed by atoms with Crippen molar-refractivity contribution >= 4 is 16.8 Å². The number of nitrogens with zero attached hydrogens (tertiary/aromatic N) is 4. The smallest absolute Gasteiger partial charge is 0.250 e. The van der Waals surface area contributed by atoms with Crippen LogP contribution in [0.25, 0.3) is 10.9 Å². The molecular formula is C21H20N6O. The Morgan fingerprint density at radius 3 is 2.79 bits per heavy atom. The van der Waals surface area contributed by atoms with E-state index in [9.17, 15) is 4.79 Å². The molecule has 2 aromatic heterocycles. The number of para-hydroxylation sites is 1. The summed E-state index contributed by atoms with van der Waals surface area (Å²) in [5, 5.41) is 15.9. The molecule has 4 aromatic rings. The Bertz CT molecular complexity index is 1100. The number of aromatic amines is 1. The highest BCUT2D eigenvalue weighted by Crippen LogP contribution is 2.35. The van der Waals surface area contributed by atoms with Gasteiger partial charge in [0.2, 0.25) is 5.91 Å². The molecule has 2 atom stereocenters. The fourth-order valence-corrected chi connectivity index (χ4v) is 4.16. The van der Waals surface area contributed by atoms with E-state index in [1.165, 1.54) is 22.0 Å². The lowest BCUT2D eigenvalue weighted by Gasteiger charge is -2.26. The van der Waals surface area contributed by atoms with E-state index in [1.807, 2.05) is 36.4 Å². The van der Waals surface area contributed by atoms with Gasteiger partial charge in [-0.2, -0.15) is 0 Å². The van der Waals surface area contributed by atoms with Gasteiger partial charge in [0.15, 0.2) is 6.04 Å². The second-order valence-electron chi connectivity index (χ2n) is 7.12. The maximum atomic E-state index is 13.3. The van der Waals surface area contributed by atoms with Crippen LogP contribution in [0.1, 0.15) is 41.7 Å². The molecule has 0 spiro atoms. The fourth-order valence-electron chi connectivity index (χ4n) is 4.16. The molecule has 2 aromatic carbocycles. The highest BCUT2D eigenvalue weighted by atomic mass is 16.2. The summed E-state index contributed by atoms with van der Waals surface area (Å²) in [5.74, 6) is -0.116. The summed E-state index contributed by atoms with van der Waals surface area (Å²) in [6, 6.07) is 17.2. The average Bonchev–Trinajstić information content (AvgIpc) is 3.38. The first-order chi connectivity index (χ1) is 13.8. The standard InChI is InChI=1S/C21H20N6O/c28-21(20(27-13-22-25-26-27)14-7-2-1-3-8-14)24-18-12-6-10-16-15-9-4-5-11-17(15)23-19(16)18/h1-5,7-9,11,13,18,20,23H,6,10,12H2,(H,24,28)/t18-,20-/m0/s1. The van der Waals surface area contributed by atoms with Crippen molar-refractivity contribution < 1.29 is 4.79 Å². The molecule has 1 aliphatic carbocycles. The van der Waals surface area contributed by atoms with Crippen molar-refractivity contribution in [3.63, 3.8) is 0 Å². The third-order valence-corrected chi connectivity index (χ3v) is 5.42. The van der Waals surface area contributed by atoms with Crippen LogP contribution in [-0.4, -0.2) is 31.1 Å². The largest absolute Gasteiger partial charge is 0.356 e. The lowest BCUT2D eigenvalue weighted by Crippen LogP contribution is -2.37. The molecule has 0 unspecified atom stereocenters. The Labute approximate surface area is 161 Å². The summed E-state index contributed by atoms with van der Waals surface area (Å²) >= 11 is 0. The van der Waals surface area contributed by atoms with Crippen LogP contribution in [0.15, 0.2) is 60.9 Å². The van der Waals surface area contributed by atoms with Gasteiger partial charge >= 0.3 is 0 Å². The van der Waals surface area contributed by atoms with Crippen molar-refractivity contribution in [3.8, 4) is 0 Å². The van der Waals surface area contributed by atoms with Gasteiger partial charge in [-0.1, -0.05) is 48.5 Å². The second kappa shape index (κ2) is 6.92. The van der Waals surface area contributed by atoms with Crippen molar-refractivity contribution in [2.24, 2.45) is 0 Å². The Kier molecular flexibility index (Phi) is 4.12. The zero-order chi connectivity index (χ0) is 18.9. The molecule has 28 heavy (non-hydrogen) atoms. The summed E-state index contributed by atoms with van der Waals surface area (Å²) in [6.45, 7) is 0. The topological polar surface area (TPSA) is 88.5 Å². The van der Waals surface area contributed by atoms with Gasteiger partial charge in [-0.15, -0.1) is 5.10 Å². The Balaban J connectivity index is 1.48. The van der Waals surface area contributed by atoms with Crippen LogP contribution < -0.4 is 5.32 Å². The first-order valence-corrected chi connectivity index (χ1v) is 9.48. The number of H-pyrrole nitrogens is 1. The normalized spacial score (nSPS) is 17.2. The van der Waals surface area contributed by atoms with E-state index in [0.717, 1.165) is 36.0 Å². The Morgan fingerprint density at radius 2 is 1.96 bits per heavy atom. The van der Waals surface area contributed by atoms with Crippen LogP contribution in [-0.2, 0) is 11.2 Å². The van der Waals surface area contributed by atoms with E-state index < -0.39 is 6.04 Å². The molecule has 1 amide bonds. The van der Waals surface area contributed by atoms with E-state index in [4.69, 9.17) is 0 Å². The molecule has 2 N–H and O–H groups in total. The van der Waals surface area contributed by atoms with Gasteiger partial charge in [-0.3, -0.25) is 4.79 Å². The van der Waals surface area contributed by atoms with E-state index in [1.54, 1.807) is 0 Å². The minimum Gasteiger partial charge on any atom is -0.356 e. The number of benzene rings is 2. The van der Waals surface area contributed by atoms with Crippen LogP contribution in [0.5, 0.6) is 0 Å². The number of fused-ring (bicyclic) bond motifs is 3. The molecular weight excluding hydrogens is 352 g/mol. The highest BCUT2D eigenvalue weighted by molar-refractivity contribution is 5.87. The number of hydrogen-bond acceptors (Lipinski definition) is 4. The number of carbonyl (C=O) groups is 1. The van der Waals surface area contributed by atoms with Crippen LogP contribution in [0.3, 0.4) is 0 Å². The van der Waals surface area contributed by atoms with Gasteiger partial charge < -0.3 is 10.3 Å². The van der Waals surface area contributed by atoms with Gasteiger partial charge in [0.05, 0.1) is 6.04 Å². The molecule has 0 saturated heterocycles. The minimum absolute atomic E-state index is 0.0497. The number of hydrogen-bond donors (Lipinski definition) is 2. The molecule has 1 aliphatic rings. The lowest BCUT2D eigenvalue weighted by atomic mass is 9.91. The highest BCUT2D eigenvalue weighted by Gasteiger charge is 2.30. The number of aryl methyl sites for hydroxylation is 1. The molecule has 7 nitrogen and oxygen atoms in total. The number of amides is 1. The summed E-state index contributed by atoms with van der Waals surface area (Å²) in [7, 11) is 0. The summed E-state index contributed by atoms with van der Waals surface area (Å²) < 4.78 is 1.50. The predicted octanol–water partition coefficient (Wildman–Crippen LogP) is 2.94. The third kappa shape index (κ3) is 2.85. The van der Waals surface area contributed by atoms with Crippen molar-refractivity contribution in [1.29, 1.82) is 0 Å². The number of rotatable bonds is 4. The molecule has 5 rings (SSSR count). The van der Waals surface area contributed by atoms with Gasteiger partial charge in [0.1, 0.15) is 6.33 Å². The molecule has 0 aliphatic heterocycles. The minimum atomic E-state index is -0.606. The monoisotopic (exact) mass is 372 g/mol. The summed E-state index contributed by atoms with van der Waals surface area (Å²) in [4.78, 5) is 16.8. The maximum Gasteiger partial charge on any atom is 0.250 e. The maximum absolute atomic E-state index is 13.3. The zero-order valence-corrected chi connectivity index (χ0v) is 15.2. The SMILES string of the molecule is O=C(N[C@H]1CCCc2c1[nH]c1ccccc21)[C@H](c1ccccc1)n1cnnn1. The molecule has 0 bridgehead atoms. The van der Waals surface area contributed by atoms with E-state index in [0.29, 0.717) is 0 Å². The number of aromatic nitrogens is 5. The van der Waals surface area contributed by atoms with Crippen LogP contribution in [0.2, 0.25) is 0 Å². The third-order valence-electron chi connectivity index (χ3n) is 5.42. The first-order valence-electron chi connectivity index (χ1n) is 9.48. The molecule has 2 heterocycles. The van der Waals surface area contributed by atoms with Crippen LogP contribution in [0.4, 0.5) is 0 Å². The quantitative estimate of drug-likeness (QED) is 0.576. The molecule has 0 radical (unpaired) electrons. The Hall–Kier alpha value is -3.48. The fraction of sp³-hybridized carbons (Fsp3) is 0.238. The lowest BCUT2D eigenvalue weighted by molar-refractivity contribution is -0.124. The number of tetrazole rings is 1. The summed E-state index contributed by atoms with van der Waals surface area (Å²) in [6.07, 6.45) is 4.46. The van der Waals surface area contributed by atoms with Crippen LogP contribution >= 0.6 is 0 Å². The van der Waals surface area contributed by atoms with Crippen LogP contribution in [0, 0.1) is 0 Å². The van der Waals surface area contributed by atoms with Crippen molar-refractivity contribution in [1.82, 2.24) is 30.5 Å². The van der Waals surface area contributed by atoms with Crippen molar-refractivity contribution in [2.75, 3.05) is 0 Å².